The van der Waals surface area contributed by atoms with Crippen LogP contribution in [0.5, 0.6) is 0 Å². The number of aliphatic hydroxyl groups excluding tert-OH is 2. The normalized spacial score (nSPS) is 52.9. The maximum atomic E-state index is 11.4. The Hall–Kier alpha value is -0.320. The molecular formula is C19H34N2O6. The zero-order valence-electron chi connectivity index (χ0n) is 16.4. The number of nitrogens with one attached hydrogen (secondary N) is 2. The number of fused-ring (bicyclic) bond motifs is 2. The fourth-order valence-electron chi connectivity index (χ4n) is 4.94. The van der Waals surface area contributed by atoms with Gasteiger partial charge in [0.2, 0.25) is 12.1 Å². The Morgan fingerprint density at radius 2 is 1.85 bits per heavy atom. The van der Waals surface area contributed by atoms with Crippen LogP contribution in [0.3, 0.4) is 0 Å². The van der Waals surface area contributed by atoms with E-state index in [0.717, 1.165) is 6.54 Å². The molecule has 5 N–H and O–H groups in total. The van der Waals surface area contributed by atoms with Crippen LogP contribution in [0.1, 0.15) is 39.5 Å². The van der Waals surface area contributed by atoms with Gasteiger partial charge in [-0.05, 0) is 52.1 Å². The summed E-state index contributed by atoms with van der Waals surface area (Å²) in [5.41, 5.74) is 0. The summed E-state index contributed by atoms with van der Waals surface area (Å²) in [5, 5.41) is 39.5. The highest BCUT2D eigenvalue weighted by atomic mass is 16.8. The van der Waals surface area contributed by atoms with Gasteiger partial charge in [-0.25, -0.2) is 0 Å². The van der Waals surface area contributed by atoms with Gasteiger partial charge >= 0.3 is 0 Å². The summed E-state index contributed by atoms with van der Waals surface area (Å²) < 4.78 is 18.2. The summed E-state index contributed by atoms with van der Waals surface area (Å²) in [6.45, 7) is 4.72. The van der Waals surface area contributed by atoms with E-state index in [-0.39, 0.29) is 18.1 Å². The van der Waals surface area contributed by atoms with Gasteiger partial charge < -0.3 is 40.2 Å². The molecule has 2 aliphatic carbocycles. The van der Waals surface area contributed by atoms with Crippen LogP contribution in [-0.4, -0.2) is 83.6 Å². The number of ether oxygens (including phenoxy) is 3. The molecule has 0 aromatic heterocycles. The van der Waals surface area contributed by atoms with E-state index >= 15 is 0 Å². The first kappa shape index (κ1) is 20.0. The molecule has 4 fully saturated rings. The van der Waals surface area contributed by atoms with E-state index in [4.69, 9.17) is 14.2 Å². The molecule has 2 saturated heterocycles. The van der Waals surface area contributed by atoms with Gasteiger partial charge in [0.05, 0.1) is 30.4 Å². The molecular weight excluding hydrogens is 352 g/mol. The highest BCUT2D eigenvalue weighted by Gasteiger charge is 2.63. The van der Waals surface area contributed by atoms with Gasteiger partial charge in [-0.3, -0.25) is 0 Å². The summed E-state index contributed by atoms with van der Waals surface area (Å²) in [7, 11) is 1.75. The molecule has 0 spiro atoms. The first-order valence-corrected chi connectivity index (χ1v) is 10.4. The Kier molecular flexibility index (Phi) is 5.55. The molecule has 0 amide bonds. The molecule has 3 unspecified atom stereocenters. The minimum Gasteiger partial charge on any atom is -0.391 e. The van der Waals surface area contributed by atoms with Crippen molar-refractivity contribution >= 4 is 0 Å². The van der Waals surface area contributed by atoms with Crippen LogP contribution in [0.2, 0.25) is 0 Å². The van der Waals surface area contributed by atoms with E-state index in [0.29, 0.717) is 18.8 Å². The molecule has 2 heterocycles. The quantitative estimate of drug-likeness (QED) is 0.422. The van der Waals surface area contributed by atoms with E-state index in [1.54, 1.807) is 7.05 Å². The monoisotopic (exact) mass is 386 g/mol. The minimum absolute atomic E-state index is 0.0967. The lowest BCUT2D eigenvalue weighted by Gasteiger charge is -2.58. The molecule has 2 aliphatic heterocycles. The highest BCUT2D eigenvalue weighted by molar-refractivity contribution is 5.08. The Morgan fingerprint density at radius 1 is 1.11 bits per heavy atom. The third-order valence-electron chi connectivity index (χ3n) is 6.78. The highest BCUT2D eigenvalue weighted by Crippen LogP contribution is 2.43. The average molecular weight is 386 g/mol. The predicted molar refractivity (Wildman–Crippen MR) is 96.8 cm³/mol. The first-order chi connectivity index (χ1) is 12.9. The van der Waals surface area contributed by atoms with Crippen molar-refractivity contribution in [3.05, 3.63) is 0 Å². The van der Waals surface area contributed by atoms with Gasteiger partial charge in [-0.2, -0.15) is 0 Å². The Bertz CT molecular complexity index is 534. The lowest BCUT2D eigenvalue weighted by atomic mass is 9.74. The predicted octanol–water partition coefficient (Wildman–Crippen LogP) is -0.688. The van der Waals surface area contributed by atoms with Crippen molar-refractivity contribution in [3.8, 4) is 0 Å². The molecule has 156 valence electrons. The lowest BCUT2D eigenvalue weighted by Crippen LogP contribution is -2.77. The number of likely N-dealkylation sites (N-methyl/N-ethyl adjacent to an activating group) is 1. The SMILES string of the molecule is CC[C@@H]1[C@H](O)[C@H](NC)C2O[C@]3(O)C(OC2[C@H]1O)O[C@H](C)C[C@H]3NCC1CC1. The van der Waals surface area contributed by atoms with Crippen LogP contribution in [-0.2, 0) is 14.2 Å². The molecule has 0 aromatic rings. The molecule has 4 aliphatic rings. The second-order valence-electron chi connectivity index (χ2n) is 8.72. The van der Waals surface area contributed by atoms with Crippen molar-refractivity contribution in [3.63, 3.8) is 0 Å². The summed E-state index contributed by atoms with van der Waals surface area (Å²) in [6.07, 6.45) is -0.438. The average Bonchev–Trinajstić information content (AvgIpc) is 3.44. The third-order valence-corrected chi connectivity index (χ3v) is 6.78. The number of rotatable bonds is 5. The van der Waals surface area contributed by atoms with Crippen LogP contribution < -0.4 is 10.6 Å². The Morgan fingerprint density at radius 3 is 2.48 bits per heavy atom. The second-order valence-corrected chi connectivity index (χ2v) is 8.72. The summed E-state index contributed by atoms with van der Waals surface area (Å²) >= 11 is 0. The van der Waals surface area contributed by atoms with Crippen LogP contribution in [0, 0.1) is 11.8 Å². The number of hydrogen-bond donors (Lipinski definition) is 5. The largest absolute Gasteiger partial charge is 0.391 e. The second kappa shape index (κ2) is 7.50. The maximum Gasteiger partial charge on any atom is 0.234 e. The third kappa shape index (κ3) is 3.44. The maximum absolute atomic E-state index is 11.4. The van der Waals surface area contributed by atoms with Crippen LogP contribution in [0.4, 0.5) is 0 Å². The van der Waals surface area contributed by atoms with Crippen molar-refractivity contribution in [2.24, 2.45) is 11.8 Å². The van der Waals surface area contributed by atoms with E-state index < -0.39 is 42.5 Å². The van der Waals surface area contributed by atoms with Gasteiger partial charge in [-0.15, -0.1) is 0 Å². The van der Waals surface area contributed by atoms with E-state index in [9.17, 15) is 15.3 Å². The summed E-state index contributed by atoms with van der Waals surface area (Å²) in [4.78, 5) is 0. The molecule has 10 atom stereocenters. The zero-order chi connectivity index (χ0) is 19.3. The zero-order valence-corrected chi connectivity index (χ0v) is 16.4. The fourth-order valence-corrected chi connectivity index (χ4v) is 4.94. The van der Waals surface area contributed by atoms with Gasteiger partial charge in [0.25, 0.3) is 0 Å². The molecule has 8 nitrogen and oxygen atoms in total. The van der Waals surface area contributed by atoms with Crippen molar-refractivity contribution in [1.29, 1.82) is 0 Å². The smallest absolute Gasteiger partial charge is 0.234 e. The molecule has 2 saturated carbocycles. The number of aliphatic hydroxyl groups is 3. The molecule has 27 heavy (non-hydrogen) atoms. The lowest BCUT2D eigenvalue weighted by molar-refractivity contribution is -0.451. The van der Waals surface area contributed by atoms with E-state index in [1.807, 2.05) is 13.8 Å². The fraction of sp³-hybridized carbons (Fsp3) is 1.00. The summed E-state index contributed by atoms with van der Waals surface area (Å²) in [5.74, 6) is -1.32. The van der Waals surface area contributed by atoms with Crippen molar-refractivity contribution in [1.82, 2.24) is 10.6 Å². The molecule has 0 bridgehead atoms. The van der Waals surface area contributed by atoms with Gasteiger partial charge in [0, 0.05) is 5.92 Å². The van der Waals surface area contributed by atoms with Crippen molar-refractivity contribution in [2.75, 3.05) is 13.6 Å². The Balaban J connectivity index is 1.58. The van der Waals surface area contributed by atoms with Crippen molar-refractivity contribution in [2.45, 2.75) is 94.2 Å². The van der Waals surface area contributed by atoms with Crippen LogP contribution in [0.25, 0.3) is 0 Å². The van der Waals surface area contributed by atoms with Crippen LogP contribution in [0.15, 0.2) is 0 Å². The van der Waals surface area contributed by atoms with Gasteiger partial charge in [0.1, 0.15) is 12.2 Å². The number of hydrogen-bond acceptors (Lipinski definition) is 8. The molecule has 0 radical (unpaired) electrons. The summed E-state index contributed by atoms with van der Waals surface area (Å²) in [6, 6.07) is -0.778. The molecule has 4 rings (SSSR count). The Labute approximate surface area is 160 Å². The van der Waals surface area contributed by atoms with E-state index in [1.165, 1.54) is 12.8 Å². The minimum atomic E-state index is -1.66. The van der Waals surface area contributed by atoms with Gasteiger partial charge in [0.15, 0.2) is 0 Å². The van der Waals surface area contributed by atoms with Crippen LogP contribution >= 0.6 is 0 Å². The first-order valence-electron chi connectivity index (χ1n) is 10.4. The van der Waals surface area contributed by atoms with Crippen molar-refractivity contribution < 1.29 is 29.5 Å². The molecule has 0 aromatic carbocycles. The molecule has 8 heteroatoms. The standard InChI is InChI=1S/C19H34N2O6/c1-4-11-14(22)13(20-3)16-17(15(11)23)26-18-19(24,27-16)12(7-9(2)25-18)21-8-10-5-6-10/h9-18,20-24H,4-8H2,1-3H3/t9-,11-,12-,13+,14+,15+,16?,17?,18?,19+/m1/s1. The van der Waals surface area contributed by atoms with E-state index in [2.05, 4.69) is 10.6 Å². The van der Waals surface area contributed by atoms with Gasteiger partial charge in [-0.1, -0.05) is 6.92 Å². The topological polar surface area (TPSA) is 112 Å².